The molecule has 7 heteroatoms. The van der Waals surface area contributed by atoms with Crippen LogP contribution in [0.15, 0.2) is 41.3 Å². The maximum absolute atomic E-state index is 12.7. The molecule has 1 aromatic carbocycles. The first-order valence-corrected chi connectivity index (χ1v) is 9.06. The molecule has 1 heterocycles. The lowest BCUT2D eigenvalue weighted by Crippen LogP contribution is -2.40. The third kappa shape index (κ3) is 4.19. The first kappa shape index (κ1) is 18.7. The highest BCUT2D eigenvalue weighted by molar-refractivity contribution is 5.99. The van der Waals surface area contributed by atoms with Crippen molar-refractivity contribution in [3.8, 4) is 0 Å². The van der Waals surface area contributed by atoms with Gasteiger partial charge in [0, 0.05) is 32.0 Å². The van der Waals surface area contributed by atoms with Gasteiger partial charge in [0.1, 0.15) is 5.56 Å². The molecule has 0 unspecified atom stereocenters. The molecule has 0 spiro atoms. The first-order chi connectivity index (χ1) is 13.0. The molecule has 1 aliphatic rings. The van der Waals surface area contributed by atoms with Gasteiger partial charge in [-0.05, 0) is 43.0 Å². The quantitative estimate of drug-likeness (QED) is 0.722. The van der Waals surface area contributed by atoms with E-state index in [0.29, 0.717) is 5.56 Å². The molecule has 0 radical (unpaired) electrons. The molecular weight excluding hydrogens is 344 g/mol. The zero-order valence-electron chi connectivity index (χ0n) is 15.5. The summed E-state index contributed by atoms with van der Waals surface area (Å²) in [7, 11) is 3.28. The fourth-order valence-electron chi connectivity index (χ4n) is 3.02. The van der Waals surface area contributed by atoms with Gasteiger partial charge in [-0.15, -0.1) is 0 Å². The topological polar surface area (TPSA) is 92.2 Å². The summed E-state index contributed by atoms with van der Waals surface area (Å²) in [6.45, 7) is 0.267. The summed E-state index contributed by atoms with van der Waals surface area (Å²) in [5.74, 6) is -0.765. The van der Waals surface area contributed by atoms with Crippen molar-refractivity contribution in [2.45, 2.75) is 31.8 Å². The van der Waals surface area contributed by atoms with E-state index in [0.717, 1.165) is 30.5 Å². The Morgan fingerprint density at radius 1 is 1.15 bits per heavy atom. The van der Waals surface area contributed by atoms with Crippen molar-refractivity contribution in [1.82, 2.24) is 15.2 Å². The predicted molar refractivity (Wildman–Crippen MR) is 104 cm³/mol. The first-order valence-electron chi connectivity index (χ1n) is 9.06. The van der Waals surface area contributed by atoms with Crippen molar-refractivity contribution in [2.24, 2.45) is 0 Å². The number of hydrogen-bond acceptors (Lipinski definition) is 4. The number of benzene rings is 1. The van der Waals surface area contributed by atoms with Gasteiger partial charge in [-0.25, -0.2) is 0 Å². The summed E-state index contributed by atoms with van der Waals surface area (Å²) >= 11 is 0. The molecule has 0 aliphatic heterocycles. The molecule has 1 aromatic heterocycles. The molecule has 27 heavy (non-hydrogen) atoms. The predicted octanol–water partition coefficient (Wildman–Crippen LogP) is 1.58. The van der Waals surface area contributed by atoms with Crippen LogP contribution in [0.1, 0.15) is 45.5 Å². The van der Waals surface area contributed by atoms with Crippen molar-refractivity contribution >= 4 is 17.5 Å². The molecule has 3 rings (SSSR count). The van der Waals surface area contributed by atoms with Crippen LogP contribution in [0.5, 0.6) is 0 Å². The Balaban J connectivity index is 1.97. The largest absolute Gasteiger partial charge is 0.388 e. The highest BCUT2D eigenvalue weighted by atomic mass is 16.2. The van der Waals surface area contributed by atoms with E-state index in [1.54, 1.807) is 0 Å². The molecule has 1 fully saturated rings. The van der Waals surface area contributed by atoms with Gasteiger partial charge in [0.25, 0.3) is 17.4 Å². The summed E-state index contributed by atoms with van der Waals surface area (Å²) in [5, 5.41) is 8.47. The van der Waals surface area contributed by atoms with Crippen LogP contribution >= 0.6 is 0 Å². The summed E-state index contributed by atoms with van der Waals surface area (Å²) in [5.41, 5.74) is 1.66. The van der Waals surface area contributed by atoms with E-state index in [2.05, 4.69) is 16.0 Å². The van der Waals surface area contributed by atoms with Gasteiger partial charge in [-0.3, -0.25) is 14.4 Å². The maximum Gasteiger partial charge on any atom is 0.263 e. The van der Waals surface area contributed by atoms with Gasteiger partial charge in [-0.1, -0.05) is 12.1 Å². The highest BCUT2D eigenvalue weighted by Gasteiger charge is 2.22. The van der Waals surface area contributed by atoms with Gasteiger partial charge >= 0.3 is 0 Å². The molecule has 1 aliphatic carbocycles. The number of carbonyl (C=O) groups excluding carboxylic acids is 2. The van der Waals surface area contributed by atoms with Crippen molar-refractivity contribution < 1.29 is 9.59 Å². The minimum Gasteiger partial charge on any atom is -0.388 e. The van der Waals surface area contributed by atoms with Crippen LogP contribution in [-0.4, -0.2) is 36.5 Å². The average molecular weight is 368 g/mol. The minimum atomic E-state index is -0.504. The Labute approximate surface area is 157 Å². The van der Waals surface area contributed by atoms with E-state index in [4.69, 9.17) is 0 Å². The average Bonchev–Trinajstić information content (AvgIpc) is 2.65. The van der Waals surface area contributed by atoms with Crippen LogP contribution < -0.4 is 21.5 Å². The summed E-state index contributed by atoms with van der Waals surface area (Å²) in [6, 6.07) is 9.18. The van der Waals surface area contributed by atoms with E-state index < -0.39 is 11.5 Å². The third-order valence-corrected chi connectivity index (χ3v) is 4.83. The van der Waals surface area contributed by atoms with Crippen molar-refractivity contribution in [1.29, 1.82) is 0 Å². The fourth-order valence-corrected chi connectivity index (χ4v) is 3.02. The second-order valence-corrected chi connectivity index (χ2v) is 6.71. The molecule has 0 saturated heterocycles. The van der Waals surface area contributed by atoms with Gasteiger partial charge < -0.3 is 20.5 Å². The van der Waals surface area contributed by atoms with Crippen LogP contribution in [-0.2, 0) is 6.54 Å². The van der Waals surface area contributed by atoms with E-state index >= 15 is 0 Å². The molecule has 3 N–H and O–H groups in total. The van der Waals surface area contributed by atoms with Crippen molar-refractivity contribution in [2.75, 3.05) is 19.4 Å². The van der Waals surface area contributed by atoms with E-state index in [1.807, 2.05) is 31.3 Å². The van der Waals surface area contributed by atoms with Crippen LogP contribution in [0.2, 0.25) is 0 Å². The molecule has 0 atom stereocenters. The monoisotopic (exact) mass is 368 g/mol. The van der Waals surface area contributed by atoms with Gasteiger partial charge in [0.2, 0.25) is 0 Å². The number of amides is 2. The Kier molecular flexibility index (Phi) is 5.59. The van der Waals surface area contributed by atoms with E-state index in [-0.39, 0.29) is 24.1 Å². The molecule has 7 nitrogen and oxygen atoms in total. The number of aromatic nitrogens is 1. The van der Waals surface area contributed by atoms with Crippen LogP contribution in [0.4, 0.5) is 5.69 Å². The summed E-state index contributed by atoms with van der Waals surface area (Å²) < 4.78 is 1.41. The third-order valence-electron chi connectivity index (χ3n) is 4.83. The lowest BCUT2D eigenvalue weighted by molar-refractivity contribution is 0.0916. The maximum atomic E-state index is 12.7. The smallest absolute Gasteiger partial charge is 0.263 e. The second-order valence-electron chi connectivity index (χ2n) is 6.71. The van der Waals surface area contributed by atoms with E-state index in [1.165, 1.54) is 23.9 Å². The van der Waals surface area contributed by atoms with Gasteiger partial charge in [0.15, 0.2) is 0 Å². The number of anilines is 1. The zero-order valence-corrected chi connectivity index (χ0v) is 15.5. The van der Waals surface area contributed by atoms with Crippen molar-refractivity contribution in [3.63, 3.8) is 0 Å². The molecule has 1 saturated carbocycles. The molecule has 0 bridgehead atoms. The normalized spacial score (nSPS) is 13.6. The van der Waals surface area contributed by atoms with Crippen molar-refractivity contribution in [3.05, 3.63) is 63.6 Å². The zero-order chi connectivity index (χ0) is 19.4. The second kappa shape index (κ2) is 8.07. The number of nitrogens with one attached hydrogen (secondary N) is 3. The van der Waals surface area contributed by atoms with Crippen LogP contribution in [0, 0.1) is 0 Å². The standard InChI is InChI=1S/C20H24N4O3/c1-21-16-8-3-5-13(9-16)11-24-12-14(18(25)23-15-6-4-7-15)10-17(20(24)27)19(26)22-2/h3,5,8-10,12,15,21H,4,6-7,11H2,1-2H3,(H,22,26)(H,23,25). The number of carbonyl (C=O) groups is 2. The molecule has 2 aromatic rings. The number of pyridine rings is 1. The Morgan fingerprint density at radius 2 is 1.93 bits per heavy atom. The minimum absolute atomic E-state index is 0.0384. The van der Waals surface area contributed by atoms with Crippen LogP contribution in [0.3, 0.4) is 0 Å². The number of hydrogen-bond donors (Lipinski definition) is 3. The Morgan fingerprint density at radius 3 is 2.56 bits per heavy atom. The highest BCUT2D eigenvalue weighted by Crippen LogP contribution is 2.18. The SMILES string of the molecule is CNC(=O)c1cc(C(=O)NC2CCC2)cn(Cc2cccc(NC)c2)c1=O. The Bertz CT molecular complexity index is 916. The van der Waals surface area contributed by atoms with Gasteiger partial charge in [-0.2, -0.15) is 0 Å². The van der Waals surface area contributed by atoms with E-state index in [9.17, 15) is 14.4 Å². The molecule has 2 amide bonds. The molecule has 142 valence electrons. The Hall–Kier alpha value is -3.09. The number of rotatable bonds is 6. The lowest BCUT2D eigenvalue weighted by atomic mass is 9.93. The van der Waals surface area contributed by atoms with Gasteiger partial charge in [0.05, 0.1) is 12.1 Å². The number of nitrogens with zero attached hydrogens (tertiary/aromatic N) is 1. The fraction of sp³-hybridized carbons (Fsp3) is 0.350. The molecular formula is C20H24N4O3. The van der Waals surface area contributed by atoms with Crippen LogP contribution in [0.25, 0.3) is 0 Å². The lowest BCUT2D eigenvalue weighted by Gasteiger charge is -2.26. The summed E-state index contributed by atoms with van der Waals surface area (Å²) in [4.78, 5) is 37.4. The summed E-state index contributed by atoms with van der Waals surface area (Å²) in [6.07, 6.45) is 4.56.